The maximum Gasteiger partial charge on any atom is 0.416 e. The van der Waals surface area contributed by atoms with Gasteiger partial charge in [-0.25, -0.2) is 0 Å². The summed E-state index contributed by atoms with van der Waals surface area (Å²) in [5, 5.41) is 11.5. The van der Waals surface area contributed by atoms with Gasteiger partial charge < -0.3 is 15.2 Å². The number of hydrogen-bond donors (Lipinski definition) is 2. The number of nitrogens with one attached hydrogen (secondary N) is 1. The average Bonchev–Trinajstić information content (AvgIpc) is 2.93. The maximum atomic E-state index is 12.4. The number of aliphatic carboxylic acids is 1. The topological polar surface area (TPSA) is 75.6 Å². The third kappa shape index (κ3) is 4.87. The van der Waals surface area contributed by atoms with E-state index in [0.717, 1.165) is 24.3 Å². The Bertz CT molecular complexity index is 571. The predicted octanol–water partition coefficient (Wildman–Crippen LogP) is 2.45. The molecule has 1 fully saturated rings. The zero-order valence-corrected chi connectivity index (χ0v) is 12.1. The Morgan fingerprint density at radius 1 is 1.22 bits per heavy atom. The van der Waals surface area contributed by atoms with E-state index < -0.39 is 29.5 Å². The van der Waals surface area contributed by atoms with Crippen molar-refractivity contribution in [2.75, 3.05) is 6.61 Å². The molecular weight excluding hydrogens is 315 g/mol. The van der Waals surface area contributed by atoms with Crippen LogP contribution in [0.25, 0.3) is 0 Å². The summed E-state index contributed by atoms with van der Waals surface area (Å²) in [7, 11) is 0. The largest absolute Gasteiger partial charge is 0.484 e. The average molecular weight is 331 g/mol. The van der Waals surface area contributed by atoms with Gasteiger partial charge in [0.15, 0.2) is 6.61 Å². The van der Waals surface area contributed by atoms with Gasteiger partial charge >= 0.3 is 12.1 Å². The summed E-state index contributed by atoms with van der Waals surface area (Å²) in [6, 6.07) is 3.83. The first kappa shape index (κ1) is 17.1. The van der Waals surface area contributed by atoms with Crippen LogP contribution in [0, 0.1) is 5.92 Å². The number of ether oxygens (including phenoxy) is 1. The lowest BCUT2D eigenvalue weighted by atomic mass is 10.1. The third-order valence-corrected chi connectivity index (χ3v) is 3.70. The fourth-order valence-electron chi connectivity index (χ4n) is 2.50. The Kier molecular flexibility index (Phi) is 5.12. The van der Waals surface area contributed by atoms with Crippen molar-refractivity contribution < 1.29 is 32.6 Å². The van der Waals surface area contributed by atoms with Gasteiger partial charge in [-0.2, -0.15) is 13.2 Å². The van der Waals surface area contributed by atoms with E-state index in [0.29, 0.717) is 19.3 Å². The van der Waals surface area contributed by atoms with Crippen LogP contribution in [0.15, 0.2) is 24.3 Å². The van der Waals surface area contributed by atoms with Crippen LogP contribution in [0.5, 0.6) is 5.75 Å². The van der Waals surface area contributed by atoms with Gasteiger partial charge in [-0.1, -0.05) is 0 Å². The normalized spacial score (nSPS) is 21.0. The van der Waals surface area contributed by atoms with Gasteiger partial charge in [0, 0.05) is 6.04 Å². The molecule has 0 radical (unpaired) electrons. The van der Waals surface area contributed by atoms with Crippen LogP contribution in [0.4, 0.5) is 13.2 Å². The number of hydrogen-bond acceptors (Lipinski definition) is 3. The van der Waals surface area contributed by atoms with Crippen molar-refractivity contribution in [2.45, 2.75) is 31.5 Å². The molecule has 0 heterocycles. The molecule has 126 valence electrons. The molecule has 0 aliphatic heterocycles. The minimum Gasteiger partial charge on any atom is -0.484 e. The van der Waals surface area contributed by atoms with E-state index in [1.807, 2.05) is 0 Å². The first-order valence-corrected chi connectivity index (χ1v) is 7.08. The number of carboxylic acids is 1. The van der Waals surface area contributed by atoms with Gasteiger partial charge in [-0.3, -0.25) is 9.59 Å². The number of halogens is 3. The predicted molar refractivity (Wildman–Crippen MR) is 73.8 cm³/mol. The standard InChI is InChI=1S/C15H16F3NO4/c16-15(17,18)10-2-5-12(6-3-10)23-8-13(20)19-11-4-1-9(7-11)14(21)22/h2-3,5-6,9,11H,1,4,7-8H2,(H,19,20)(H,21,22)/t9-,11+/m0/s1. The molecule has 2 N–H and O–H groups in total. The Balaban J connectivity index is 1.77. The molecule has 0 aromatic heterocycles. The Morgan fingerprint density at radius 3 is 2.39 bits per heavy atom. The molecule has 0 bridgehead atoms. The molecule has 0 unspecified atom stereocenters. The number of carbonyl (C=O) groups excluding carboxylic acids is 1. The minimum absolute atomic E-state index is 0.156. The molecule has 2 atom stereocenters. The van der Waals surface area contributed by atoms with Crippen LogP contribution < -0.4 is 10.1 Å². The van der Waals surface area contributed by atoms with E-state index in [2.05, 4.69) is 5.32 Å². The second-order valence-electron chi connectivity index (χ2n) is 5.42. The second kappa shape index (κ2) is 6.89. The van der Waals surface area contributed by atoms with Crippen LogP contribution in [-0.2, 0) is 15.8 Å². The Labute approximate surface area is 130 Å². The molecule has 2 rings (SSSR count). The minimum atomic E-state index is -4.42. The van der Waals surface area contributed by atoms with Crippen LogP contribution in [0.2, 0.25) is 0 Å². The van der Waals surface area contributed by atoms with Crippen molar-refractivity contribution in [2.24, 2.45) is 5.92 Å². The van der Waals surface area contributed by atoms with E-state index in [4.69, 9.17) is 9.84 Å². The van der Waals surface area contributed by atoms with Gasteiger partial charge in [0.05, 0.1) is 11.5 Å². The van der Waals surface area contributed by atoms with Crippen molar-refractivity contribution in [3.8, 4) is 5.75 Å². The van der Waals surface area contributed by atoms with E-state index in [1.54, 1.807) is 0 Å². The zero-order chi connectivity index (χ0) is 17.0. The SMILES string of the molecule is O=C(COc1ccc(C(F)(F)F)cc1)N[C@@H]1CC[C@H](C(=O)O)C1. The Hall–Kier alpha value is -2.25. The van der Waals surface area contributed by atoms with Crippen molar-refractivity contribution >= 4 is 11.9 Å². The summed E-state index contributed by atoms with van der Waals surface area (Å²) < 4.78 is 42.3. The maximum absolute atomic E-state index is 12.4. The molecule has 23 heavy (non-hydrogen) atoms. The van der Waals surface area contributed by atoms with Crippen LogP contribution >= 0.6 is 0 Å². The third-order valence-electron chi connectivity index (χ3n) is 3.70. The second-order valence-corrected chi connectivity index (χ2v) is 5.42. The van der Waals surface area contributed by atoms with Crippen molar-refractivity contribution in [3.63, 3.8) is 0 Å². The van der Waals surface area contributed by atoms with Crippen LogP contribution in [0.3, 0.4) is 0 Å². The summed E-state index contributed by atoms with van der Waals surface area (Å²) in [4.78, 5) is 22.5. The molecule has 1 aliphatic rings. The number of carbonyl (C=O) groups is 2. The van der Waals surface area contributed by atoms with E-state index in [9.17, 15) is 22.8 Å². The summed E-state index contributed by atoms with van der Waals surface area (Å²) >= 11 is 0. The molecule has 5 nitrogen and oxygen atoms in total. The molecule has 1 amide bonds. The first-order valence-electron chi connectivity index (χ1n) is 7.08. The molecule has 0 saturated heterocycles. The quantitative estimate of drug-likeness (QED) is 0.869. The lowest BCUT2D eigenvalue weighted by Gasteiger charge is -2.13. The van der Waals surface area contributed by atoms with Gasteiger partial charge in [0.2, 0.25) is 0 Å². The summed E-state index contributed by atoms with van der Waals surface area (Å²) in [5.74, 6) is -1.59. The number of carboxylic acid groups (broad SMARTS) is 1. The van der Waals surface area contributed by atoms with E-state index >= 15 is 0 Å². The van der Waals surface area contributed by atoms with Gasteiger partial charge in [-0.15, -0.1) is 0 Å². The molecule has 0 spiro atoms. The zero-order valence-electron chi connectivity index (χ0n) is 12.1. The number of amides is 1. The summed E-state index contributed by atoms with van der Waals surface area (Å²) in [5.41, 5.74) is -0.792. The van der Waals surface area contributed by atoms with Gasteiger partial charge in [0.1, 0.15) is 5.75 Å². The van der Waals surface area contributed by atoms with Crippen LogP contribution in [0.1, 0.15) is 24.8 Å². The highest BCUT2D eigenvalue weighted by Crippen LogP contribution is 2.30. The Morgan fingerprint density at radius 2 is 1.87 bits per heavy atom. The summed E-state index contributed by atoms with van der Waals surface area (Å²) in [6.07, 6.45) is -2.94. The molecular formula is C15H16F3NO4. The fourth-order valence-corrected chi connectivity index (χ4v) is 2.50. The number of alkyl halides is 3. The van der Waals surface area contributed by atoms with Gasteiger partial charge in [0.25, 0.3) is 5.91 Å². The highest BCUT2D eigenvalue weighted by Gasteiger charge is 2.31. The molecule has 1 aromatic carbocycles. The lowest BCUT2D eigenvalue weighted by molar-refractivity contribution is -0.141. The van der Waals surface area contributed by atoms with E-state index in [-0.39, 0.29) is 18.4 Å². The van der Waals surface area contributed by atoms with E-state index in [1.165, 1.54) is 0 Å². The molecule has 1 aromatic rings. The van der Waals surface area contributed by atoms with Crippen molar-refractivity contribution in [1.29, 1.82) is 0 Å². The highest BCUT2D eigenvalue weighted by molar-refractivity contribution is 5.78. The smallest absolute Gasteiger partial charge is 0.416 e. The lowest BCUT2D eigenvalue weighted by Crippen LogP contribution is -2.36. The fraction of sp³-hybridized carbons (Fsp3) is 0.467. The van der Waals surface area contributed by atoms with Crippen molar-refractivity contribution in [3.05, 3.63) is 29.8 Å². The highest BCUT2D eigenvalue weighted by atomic mass is 19.4. The van der Waals surface area contributed by atoms with Gasteiger partial charge in [-0.05, 0) is 43.5 Å². The molecule has 1 aliphatic carbocycles. The molecule has 8 heteroatoms. The number of benzene rings is 1. The van der Waals surface area contributed by atoms with Crippen LogP contribution in [-0.4, -0.2) is 29.6 Å². The molecule has 1 saturated carbocycles. The van der Waals surface area contributed by atoms with Crippen molar-refractivity contribution in [1.82, 2.24) is 5.32 Å². The number of rotatable bonds is 5. The first-order chi connectivity index (χ1) is 10.8. The monoisotopic (exact) mass is 331 g/mol. The summed E-state index contributed by atoms with van der Waals surface area (Å²) in [6.45, 7) is -0.334.